The van der Waals surface area contributed by atoms with E-state index in [9.17, 15) is 4.79 Å². The maximum absolute atomic E-state index is 11.1. The van der Waals surface area contributed by atoms with Crippen LogP contribution in [0.5, 0.6) is 0 Å². The Kier molecular flexibility index (Phi) is 1.21. The number of H-pyrrole nitrogens is 1. The zero-order valence-corrected chi connectivity index (χ0v) is 6.53. The lowest BCUT2D eigenvalue weighted by atomic mass is 10.3. The molecule has 3 N–H and O–H groups in total. The molecule has 0 saturated heterocycles. The molecule has 5 heteroatoms. The molecular weight excluding hydrogens is 156 g/mol. The van der Waals surface area contributed by atoms with Gasteiger partial charge < -0.3 is 10.7 Å². The van der Waals surface area contributed by atoms with Gasteiger partial charge in [-0.05, 0) is 0 Å². The van der Waals surface area contributed by atoms with Crippen LogP contribution in [-0.2, 0) is 7.05 Å². The van der Waals surface area contributed by atoms with E-state index in [1.807, 2.05) is 0 Å². The number of rotatable bonds is 0. The summed E-state index contributed by atoms with van der Waals surface area (Å²) in [5.74, 6) is 0. The molecule has 0 unspecified atom stereocenters. The number of aromatic nitrogens is 3. The number of nitrogens with one attached hydrogen (secondary N) is 1. The molecule has 0 aliphatic heterocycles. The highest BCUT2D eigenvalue weighted by Gasteiger charge is 2.04. The van der Waals surface area contributed by atoms with Gasteiger partial charge in [-0.1, -0.05) is 0 Å². The highest BCUT2D eigenvalue weighted by Crippen LogP contribution is 2.14. The van der Waals surface area contributed by atoms with Crippen LogP contribution in [0.1, 0.15) is 0 Å². The lowest BCUT2D eigenvalue weighted by molar-refractivity contribution is 0.892. The summed E-state index contributed by atoms with van der Waals surface area (Å²) in [4.78, 5) is 17.6. The first-order chi connectivity index (χ1) is 5.70. The lowest BCUT2D eigenvalue weighted by Gasteiger charge is -1.96. The number of nitrogens with two attached hydrogens (primary N) is 1. The minimum absolute atomic E-state index is 0.176. The van der Waals surface area contributed by atoms with Crippen molar-refractivity contribution in [1.82, 2.24) is 14.5 Å². The second kappa shape index (κ2) is 2.10. The predicted octanol–water partition coefficient (Wildman–Crippen LogP) is -0.156. The summed E-state index contributed by atoms with van der Waals surface area (Å²) in [7, 11) is 1.66. The summed E-state index contributed by atoms with van der Waals surface area (Å²) in [6, 6.07) is 0. The summed E-state index contributed by atoms with van der Waals surface area (Å²) in [5.41, 5.74) is 7.33. The van der Waals surface area contributed by atoms with E-state index in [0.29, 0.717) is 16.7 Å². The summed E-state index contributed by atoms with van der Waals surface area (Å²) >= 11 is 0. The van der Waals surface area contributed by atoms with Crippen LogP contribution in [-0.4, -0.2) is 14.5 Å². The largest absolute Gasteiger partial charge is 0.396 e. The maximum atomic E-state index is 11.1. The molecule has 0 atom stereocenters. The molecule has 2 aromatic heterocycles. The first-order valence-corrected chi connectivity index (χ1v) is 3.48. The average Bonchev–Trinajstić information content (AvgIpc) is 2.29. The standard InChI is InChI=1S/C7H8N4O/c1-11-6-4(8)2-9-3-5(6)10-7(11)12/h2-3H,8H2,1H3,(H,10,12). The van der Waals surface area contributed by atoms with Gasteiger partial charge >= 0.3 is 5.69 Å². The Labute approximate surface area is 67.8 Å². The van der Waals surface area contributed by atoms with E-state index in [-0.39, 0.29) is 5.69 Å². The first kappa shape index (κ1) is 6.90. The fourth-order valence-electron chi connectivity index (χ4n) is 1.24. The van der Waals surface area contributed by atoms with E-state index >= 15 is 0 Å². The molecule has 0 amide bonds. The highest BCUT2D eigenvalue weighted by molar-refractivity contribution is 5.85. The minimum atomic E-state index is -0.176. The van der Waals surface area contributed by atoms with E-state index in [4.69, 9.17) is 5.73 Å². The van der Waals surface area contributed by atoms with Crippen molar-refractivity contribution in [2.75, 3.05) is 5.73 Å². The zero-order chi connectivity index (χ0) is 8.72. The maximum Gasteiger partial charge on any atom is 0.326 e. The number of hydrogen-bond donors (Lipinski definition) is 2. The van der Waals surface area contributed by atoms with Gasteiger partial charge in [0.25, 0.3) is 0 Å². The number of aromatic amines is 1. The molecule has 0 saturated carbocycles. The van der Waals surface area contributed by atoms with Crippen LogP contribution >= 0.6 is 0 Å². The second-order valence-electron chi connectivity index (χ2n) is 2.61. The molecule has 2 heterocycles. The topological polar surface area (TPSA) is 76.7 Å². The number of hydrogen-bond acceptors (Lipinski definition) is 3. The molecule has 0 aromatic carbocycles. The Bertz CT molecular complexity index is 482. The van der Waals surface area contributed by atoms with E-state index in [1.54, 1.807) is 13.2 Å². The Hall–Kier alpha value is -1.78. The fraction of sp³-hybridized carbons (Fsp3) is 0.143. The van der Waals surface area contributed by atoms with Crippen LogP contribution < -0.4 is 11.4 Å². The highest BCUT2D eigenvalue weighted by atomic mass is 16.1. The molecule has 5 nitrogen and oxygen atoms in total. The number of imidazole rings is 1. The van der Waals surface area contributed by atoms with E-state index < -0.39 is 0 Å². The van der Waals surface area contributed by atoms with E-state index in [2.05, 4.69) is 9.97 Å². The summed E-state index contributed by atoms with van der Waals surface area (Å²) < 4.78 is 1.46. The third-order valence-electron chi connectivity index (χ3n) is 1.83. The Morgan fingerprint density at radius 2 is 2.33 bits per heavy atom. The number of aryl methyl sites for hydroxylation is 1. The molecule has 62 valence electrons. The quantitative estimate of drug-likeness (QED) is 0.568. The van der Waals surface area contributed by atoms with Crippen LogP contribution in [0, 0.1) is 0 Å². The Morgan fingerprint density at radius 3 is 3.00 bits per heavy atom. The SMILES string of the molecule is Cn1c(=O)[nH]c2cncc(N)c21. The van der Waals surface area contributed by atoms with Crippen molar-refractivity contribution in [2.45, 2.75) is 0 Å². The third kappa shape index (κ3) is 0.730. The van der Waals surface area contributed by atoms with Gasteiger partial charge in [-0.3, -0.25) is 9.55 Å². The van der Waals surface area contributed by atoms with Crippen LogP contribution in [0.3, 0.4) is 0 Å². The monoisotopic (exact) mass is 164 g/mol. The molecule has 0 bridgehead atoms. The van der Waals surface area contributed by atoms with E-state index in [0.717, 1.165) is 0 Å². The summed E-state index contributed by atoms with van der Waals surface area (Å²) in [5, 5.41) is 0. The first-order valence-electron chi connectivity index (χ1n) is 3.48. The number of anilines is 1. The van der Waals surface area contributed by atoms with Gasteiger partial charge in [0.2, 0.25) is 0 Å². The second-order valence-corrected chi connectivity index (χ2v) is 2.61. The fourth-order valence-corrected chi connectivity index (χ4v) is 1.24. The molecule has 0 aliphatic carbocycles. The molecule has 0 radical (unpaired) electrons. The normalized spacial score (nSPS) is 10.8. The van der Waals surface area contributed by atoms with Crippen LogP contribution in [0.25, 0.3) is 11.0 Å². The lowest BCUT2D eigenvalue weighted by Crippen LogP contribution is -2.12. The average molecular weight is 164 g/mol. The van der Waals surface area contributed by atoms with Crippen molar-refractivity contribution in [3.8, 4) is 0 Å². The Morgan fingerprint density at radius 1 is 1.58 bits per heavy atom. The molecule has 0 fully saturated rings. The third-order valence-corrected chi connectivity index (χ3v) is 1.83. The number of pyridine rings is 1. The number of fused-ring (bicyclic) bond motifs is 1. The van der Waals surface area contributed by atoms with Gasteiger partial charge in [0.1, 0.15) is 0 Å². The van der Waals surface area contributed by atoms with Gasteiger partial charge in [0.05, 0.1) is 29.1 Å². The minimum Gasteiger partial charge on any atom is -0.396 e. The smallest absolute Gasteiger partial charge is 0.326 e. The van der Waals surface area contributed by atoms with Crippen molar-refractivity contribution in [2.24, 2.45) is 7.05 Å². The van der Waals surface area contributed by atoms with Crippen molar-refractivity contribution in [1.29, 1.82) is 0 Å². The van der Waals surface area contributed by atoms with Gasteiger partial charge in [-0.15, -0.1) is 0 Å². The number of nitrogen functional groups attached to an aromatic ring is 1. The van der Waals surface area contributed by atoms with Crippen molar-refractivity contribution >= 4 is 16.7 Å². The van der Waals surface area contributed by atoms with E-state index in [1.165, 1.54) is 10.8 Å². The molecule has 2 rings (SSSR count). The molecule has 0 spiro atoms. The summed E-state index contributed by atoms with van der Waals surface area (Å²) in [6.45, 7) is 0. The van der Waals surface area contributed by atoms with Gasteiger partial charge in [0, 0.05) is 7.05 Å². The molecule has 0 aliphatic rings. The molecule has 2 aromatic rings. The van der Waals surface area contributed by atoms with Crippen molar-refractivity contribution in [3.05, 3.63) is 22.9 Å². The Balaban J connectivity index is 3.07. The van der Waals surface area contributed by atoms with Gasteiger partial charge in [-0.25, -0.2) is 4.79 Å². The van der Waals surface area contributed by atoms with Gasteiger partial charge in [-0.2, -0.15) is 0 Å². The van der Waals surface area contributed by atoms with Crippen LogP contribution in [0.4, 0.5) is 5.69 Å². The van der Waals surface area contributed by atoms with Gasteiger partial charge in [0.15, 0.2) is 0 Å². The molecule has 12 heavy (non-hydrogen) atoms. The predicted molar refractivity (Wildman–Crippen MR) is 45.7 cm³/mol. The summed E-state index contributed by atoms with van der Waals surface area (Å²) in [6.07, 6.45) is 3.10. The van der Waals surface area contributed by atoms with Crippen LogP contribution in [0.15, 0.2) is 17.2 Å². The van der Waals surface area contributed by atoms with Crippen LogP contribution in [0.2, 0.25) is 0 Å². The number of nitrogens with zero attached hydrogens (tertiary/aromatic N) is 2. The van der Waals surface area contributed by atoms with Crippen molar-refractivity contribution in [3.63, 3.8) is 0 Å². The molecular formula is C7H8N4O. The zero-order valence-electron chi connectivity index (χ0n) is 6.53. The van der Waals surface area contributed by atoms with Crippen molar-refractivity contribution < 1.29 is 0 Å².